The normalized spacial score (nSPS) is 19.5. The minimum Gasteiger partial charge on any atom is -0.144 e. The van der Waals surface area contributed by atoms with Crippen molar-refractivity contribution in [3.8, 4) is 0 Å². The average Bonchev–Trinajstić information content (AvgIpc) is 2.96. The van der Waals surface area contributed by atoms with E-state index in [1.54, 1.807) is 22.5 Å². The van der Waals surface area contributed by atoms with Crippen LogP contribution in [-0.4, -0.2) is 0 Å². The van der Waals surface area contributed by atoms with Crippen molar-refractivity contribution in [1.29, 1.82) is 0 Å². The lowest BCUT2D eigenvalue weighted by atomic mass is 9.62. The molecule has 0 saturated carbocycles. The van der Waals surface area contributed by atoms with E-state index < -0.39 is 0 Å². The Hall–Kier alpha value is -1.34. The van der Waals surface area contributed by atoms with E-state index in [9.17, 15) is 0 Å². The predicted octanol–water partition coefficient (Wildman–Crippen LogP) is 6.97. The second-order valence-electron chi connectivity index (χ2n) is 8.32. The summed E-state index contributed by atoms with van der Waals surface area (Å²) in [4.78, 5) is 1.33. The maximum Gasteiger partial charge on any atom is 0.0273 e. The molecule has 0 unspecified atom stereocenters. The molecule has 0 atom stereocenters. The third-order valence-electron chi connectivity index (χ3n) is 5.52. The summed E-state index contributed by atoms with van der Waals surface area (Å²) < 4.78 is 0. The van der Waals surface area contributed by atoms with Crippen molar-refractivity contribution in [3.05, 3.63) is 56.8 Å². The highest BCUT2D eigenvalue weighted by Gasteiger charge is 2.37. The van der Waals surface area contributed by atoms with Crippen LogP contribution in [0.15, 0.2) is 29.6 Å². The number of allylic oxidation sites excluding steroid dienone is 1. The quantitative estimate of drug-likeness (QED) is 0.559. The molecule has 1 aromatic carbocycles. The molecule has 0 fully saturated rings. The topological polar surface area (TPSA) is 0 Å². The van der Waals surface area contributed by atoms with Gasteiger partial charge in [0.05, 0.1) is 0 Å². The van der Waals surface area contributed by atoms with Crippen LogP contribution in [-0.2, 0) is 10.8 Å². The van der Waals surface area contributed by atoms with Gasteiger partial charge >= 0.3 is 0 Å². The Morgan fingerprint density at radius 1 is 1.04 bits per heavy atom. The fourth-order valence-corrected chi connectivity index (χ4v) is 4.53. The van der Waals surface area contributed by atoms with Gasteiger partial charge in [-0.3, -0.25) is 0 Å². The van der Waals surface area contributed by atoms with E-state index in [1.165, 1.54) is 34.4 Å². The molecule has 1 aliphatic rings. The first-order valence-corrected chi connectivity index (χ1v) is 9.46. The van der Waals surface area contributed by atoms with Crippen molar-refractivity contribution in [2.45, 2.75) is 65.2 Å². The molecule has 122 valence electrons. The summed E-state index contributed by atoms with van der Waals surface area (Å²) in [7, 11) is 0. The van der Waals surface area contributed by atoms with Gasteiger partial charge in [-0.1, -0.05) is 45.9 Å². The van der Waals surface area contributed by atoms with Crippen LogP contribution < -0.4 is 0 Å². The molecule has 1 aliphatic carbocycles. The van der Waals surface area contributed by atoms with Crippen LogP contribution >= 0.6 is 11.3 Å². The molecular weight excluding hydrogens is 296 g/mol. The summed E-state index contributed by atoms with van der Waals surface area (Å²) in [6, 6.07) is 9.24. The lowest BCUT2D eigenvalue weighted by molar-refractivity contribution is 0.331. The van der Waals surface area contributed by atoms with Crippen LogP contribution in [0.1, 0.15) is 74.6 Å². The van der Waals surface area contributed by atoms with E-state index in [1.807, 2.05) is 0 Å². The summed E-state index contributed by atoms with van der Waals surface area (Å²) in [6.07, 6.45) is 4.86. The predicted molar refractivity (Wildman–Crippen MR) is 104 cm³/mol. The van der Waals surface area contributed by atoms with E-state index in [2.05, 4.69) is 77.3 Å². The average molecular weight is 325 g/mol. The molecular formula is C22H28S. The lowest BCUT2D eigenvalue weighted by Crippen LogP contribution is -2.34. The molecule has 1 aromatic heterocycles. The van der Waals surface area contributed by atoms with E-state index in [-0.39, 0.29) is 5.41 Å². The van der Waals surface area contributed by atoms with Crippen LogP contribution in [0.3, 0.4) is 0 Å². The smallest absolute Gasteiger partial charge is 0.0273 e. The minimum absolute atomic E-state index is 0.274. The molecule has 0 saturated heterocycles. The molecule has 0 N–H and O–H groups in total. The van der Waals surface area contributed by atoms with Gasteiger partial charge in [0.2, 0.25) is 0 Å². The zero-order chi connectivity index (χ0) is 16.8. The lowest BCUT2D eigenvalue weighted by Gasteiger charge is -2.42. The fourth-order valence-electron chi connectivity index (χ4n) is 3.81. The number of hydrogen-bond acceptors (Lipinski definition) is 1. The van der Waals surface area contributed by atoms with Crippen LogP contribution in [0, 0.1) is 6.92 Å². The number of thiophene rings is 1. The van der Waals surface area contributed by atoms with Gasteiger partial charge in [-0.2, -0.15) is 0 Å². The van der Waals surface area contributed by atoms with Crippen LogP contribution in [0.4, 0.5) is 0 Å². The van der Waals surface area contributed by atoms with Gasteiger partial charge in [0.15, 0.2) is 0 Å². The number of benzene rings is 1. The Kier molecular flexibility index (Phi) is 4.04. The van der Waals surface area contributed by atoms with Gasteiger partial charge in [0, 0.05) is 4.88 Å². The first kappa shape index (κ1) is 16.5. The molecule has 0 aliphatic heterocycles. The van der Waals surface area contributed by atoms with Crippen molar-refractivity contribution in [3.63, 3.8) is 0 Å². The maximum atomic E-state index is 2.48. The molecule has 0 spiro atoms. The zero-order valence-electron chi connectivity index (χ0n) is 15.3. The SMILES string of the molecule is C/C(=C\c1cccs1)c1cc2c(cc1C)C(C)(C)CCC2(C)C. The van der Waals surface area contributed by atoms with Crippen molar-refractivity contribution >= 4 is 23.0 Å². The second kappa shape index (κ2) is 5.63. The molecule has 1 heterocycles. The van der Waals surface area contributed by atoms with Gasteiger partial charge in [-0.25, -0.2) is 0 Å². The monoisotopic (exact) mass is 324 g/mol. The summed E-state index contributed by atoms with van der Waals surface area (Å²) in [6.45, 7) is 14.1. The van der Waals surface area contributed by atoms with Crippen LogP contribution in [0.25, 0.3) is 11.6 Å². The second-order valence-corrected chi connectivity index (χ2v) is 9.30. The van der Waals surface area contributed by atoms with E-state index in [0.717, 1.165) is 0 Å². The Morgan fingerprint density at radius 2 is 1.65 bits per heavy atom. The standard InChI is InChI=1S/C22H28S/c1-15(12-17-8-7-11-23-17)18-14-20-19(13-16(18)2)21(3,4)9-10-22(20,5)6/h7-8,11-14H,9-10H2,1-6H3/b15-12+. The third kappa shape index (κ3) is 3.04. The summed E-state index contributed by atoms with van der Waals surface area (Å²) in [5.74, 6) is 0. The van der Waals surface area contributed by atoms with Crippen LogP contribution in [0.2, 0.25) is 0 Å². The summed E-state index contributed by atoms with van der Waals surface area (Å²) >= 11 is 1.80. The van der Waals surface area contributed by atoms with Gasteiger partial charge in [-0.05, 0) is 82.9 Å². The highest BCUT2D eigenvalue weighted by atomic mass is 32.1. The van der Waals surface area contributed by atoms with Crippen molar-refractivity contribution in [1.82, 2.24) is 0 Å². The molecule has 0 nitrogen and oxygen atoms in total. The molecule has 23 heavy (non-hydrogen) atoms. The Balaban J connectivity index is 2.14. The molecule has 3 rings (SSSR count). The van der Waals surface area contributed by atoms with Crippen molar-refractivity contribution < 1.29 is 0 Å². The van der Waals surface area contributed by atoms with Gasteiger partial charge in [0.25, 0.3) is 0 Å². The fraction of sp³-hybridized carbons (Fsp3) is 0.455. The Bertz CT molecular complexity index is 743. The highest BCUT2D eigenvalue weighted by Crippen LogP contribution is 2.47. The van der Waals surface area contributed by atoms with Crippen molar-refractivity contribution in [2.24, 2.45) is 0 Å². The molecule has 0 amide bonds. The van der Waals surface area contributed by atoms with E-state index >= 15 is 0 Å². The van der Waals surface area contributed by atoms with Crippen molar-refractivity contribution in [2.75, 3.05) is 0 Å². The molecule has 1 heteroatoms. The first-order chi connectivity index (χ1) is 10.7. The number of rotatable bonds is 2. The number of hydrogen-bond donors (Lipinski definition) is 0. The molecule has 0 bridgehead atoms. The largest absolute Gasteiger partial charge is 0.144 e. The summed E-state index contributed by atoms with van der Waals surface area (Å²) in [5.41, 5.74) is 7.85. The van der Waals surface area contributed by atoms with Gasteiger partial charge in [0.1, 0.15) is 0 Å². The van der Waals surface area contributed by atoms with Crippen LogP contribution in [0.5, 0.6) is 0 Å². The zero-order valence-corrected chi connectivity index (χ0v) is 16.1. The Morgan fingerprint density at radius 3 is 2.22 bits per heavy atom. The molecule has 0 radical (unpaired) electrons. The molecule has 2 aromatic rings. The van der Waals surface area contributed by atoms with Gasteiger partial charge < -0.3 is 0 Å². The summed E-state index contributed by atoms with van der Waals surface area (Å²) in [5, 5.41) is 2.14. The van der Waals surface area contributed by atoms with Gasteiger partial charge in [-0.15, -0.1) is 11.3 Å². The Labute approximate surface area is 145 Å². The first-order valence-electron chi connectivity index (χ1n) is 8.58. The van der Waals surface area contributed by atoms with E-state index in [0.29, 0.717) is 5.41 Å². The number of fused-ring (bicyclic) bond motifs is 1. The third-order valence-corrected chi connectivity index (χ3v) is 6.34. The van der Waals surface area contributed by atoms with E-state index in [4.69, 9.17) is 0 Å². The maximum absolute atomic E-state index is 2.48. The highest BCUT2D eigenvalue weighted by molar-refractivity contribution is 7.10. The number of aryl methyl sites for hydroxylation is 1. The minimum atomic E-state index is 0.274.